The van der Waals surface area contributed by atoms with Crippen molar-refractivity contribution < 1.29 is 4.57 Å². The van der Waals surface area contributed by atoms with Crippen LogP contribution in [0, 0.1) is 6.92 Å². The van der Waals surface area contributed by atoms with Crippen LogP contribution in [-0.2, 0) is 4.57 Å². The van der Waals surface area contributed by atoms with Gasteiger partial charge in [-0.15, -0.1) is 0 Å². The lowest BCUT2D eigenvalue weighted by molar-refractivity contribution is 0.592. The van der Waals surface area contributed by atoms with Crippen molar-refractivity contribution in [1.29, 1.82) is 0 Å². The Morgan fingerprint density at radius 3 is 1.72 bits per heavy atom. The Kier molecular flexibility index (Phi) is 3.55. The lowest BCUT2D eigenvalue weighted by Gasteiger charge is -2.29. The number of rotatable bonds is 1. The second kappa shape index (κ2) is 5.86. The molecular formula is C25H15Cl2OP. The van der Waals surface area contributed by atoms with E-state index in [0.29, 0.717) is 10.0 Å². The minimum absolute atomic E-state index is 0.671. The molecule has 1 heterocycles. The number of halogens is 2. The molecule has 0 spiro atoms. The molecule has 0 N–H and O–H groups in total. The third-order valence-corrected chi connectivity index (χ3v) is 10.1. The minimum atomic E-state index is -3.11. The summed E-state index contributed by atoms with van der Waals surface area (Å²) < 4.78 is 15.1. The SMILES string of the molecule is Cc1ccccc1P1(=O)c2ccc(Cl)c3ccc4ccc5c(Cl)ccc1c5c4c23. The quantitative estimate of drug-likeness (QED) is 0.208. The van der Waals surface area contributed by atoms with Gasteiger partial charge in [-0.3, -0.25) is 0 Å². The topological polar surface area (TPSA) is 17.1 Å². The molecule has 0 bridgehead atoms. The Hall–Kier alpha value is -2.31. The highest BCUT2D eigenvalue weighted by atomic mass is 35.5. The molecule has 5 aromatic carbocycles. The van der Waals surface area contributed by atoms with E-state index in [2.05, 4.69) is 12.1 Å². The predicted octanol–water partition coefficient (Wildman–Crippen LogP) is 6.71. The van der Waals surface area contributed by atoms with Gasteiger partial charge in [-0.1, -0.05) is 71.7 Å². The number of aryl methyl sites for hydroxylation is 1. The first-order chi connectivity index (χ1) is 14.0. The van der Waals surface area contributed by atoms with Gasteiger partial charge in [0, 0.05) is 47.5 Å². The Bertz CT molecular complexity index is 1480. The van der Waals surface area contributed by atoms with E-state index >= 15 is 4.57 Å². The molecule has 0 amide bonds. The monoisotopic (exact) mass is 432 g/mol. The lowest BCUT2D eigenvalue weighted by Crippen LogP contribution is -2.30. The van der Waals surface area contributed by atoms with Crippen molar-refractivity contribution in [2.45, 2.75) is 6.92 Å². The average Bonchev–Trinajstić information content (AvgIpc) is 2.73. The molecule has 1 aliphatic heterocycles. The predicted molar refractivity (Wildman–Crippen MR) is 127 cm³/mol. The second-order valence-electron chi connectivity index (χ2n) is 7.60. The maximum absolute atomic E-state index is 15.1. The zero-order chi connectivity index (χ0) is 19.9. The third kappa shape index (κ3) is 2.11. The van der Waals surface area contributed by atoms with Crippen molar-refractivity contribution in [3.8, 4) is 0 Å². The van der Waals surface area contributed by atoms with Gasteiger partial charge >= 0.3 is 0 Å². The van der Waals surface area contributed by atoms with Crippen LogP contribution in [0.3, 0.4) is 0 Å². The van der Waals surface area contributed by atoms with Crippen LogP contribution in [0.15, 0.2) is 72.8 Å². The van der Waals surface area contributed by atoms with Crippen molar-refractivity contribution >= 4 is 78.6 Å². The van der Waals surface area contributed by atoms with Gasteiger partial charge in [0.1, 0.15) is 0 Å². The third-order valence-electron chi connectivity index (χ3n) is 6.12. The van der Waals surface area contributed by atoms with Crippen LogP contribution in [0.5, 0.6) is 0 Å². The molecule has 1 aliphatic rings. The maximum atomic E-state index is 15.1. The fourth-order valence-electron chi connectivity index (χ4n) is 4.83. The van der Waals surface area contributed by atoms with Gasteiger partial charge in [0.15, 0.2) is 7.14 Å². The molecule has 0 saturated heterocycles. The molecule has 0 radical (unpaired) electrons. The van der Waals surface area contributed by atoms with E-state index in [1.165, 1.54) is 0 Å². The van der Waals surface area contributed by atoms with Crippen LogP contribution in [-0.4, -0.2) is 0 Å². The standard InChI is InChI=1S/C25H15Cl2OP/c1-14-4-2-3-5-20(14)29(28)21-12-10-18(26)16-8-6-15-7-9-17-19(27)11-13-22(29)25(17)23(15)24(16)21/h2-13H,1H3. The van der Waals surface area contributed by atoms with Gasteiger partial charge in [0.2, 0.25) is 0 Å². The lowest BCUT2D eigenvalue weighted by atomic mass is 9.96. The van der Waals surface area contributed by atoms with Crippen molar-refractivity contribution in [2.24, 2.45) is 0 Å². The summed E-state index contributed by atoms with van der Waals surface area (Å²) in [6.45, 7) is 2.02. The zero-order valence-corrected chi connectivity index (χ0v) is 17.9. The molecule has 0 atom stereocenters. The number of hydrogen-bond donors (Lipinski definition) is 0. The molecule has 0 fully saturated rings. The number of hydrogen-bond acceptors (Lipinski definition) is 1. The molecule has 1 nitrogen and oxygen atoms in total. The average molecular weight is 433 g/mol. The summed E-state index contributed by atoms with van der Waals surface area (Å²) in [5.74, 6) is 0. The van der Waals surface area contributed by atoms with Gasteiger partial charge in [0.25, 0.3) is 0 Å². The summed E-state index contributed by atoms with van der Waals surface area (Å²) in [5, 5.41) is 9.98. The van der Waals surface area contributed by atoms with Gasteiger partial charge in [-0.05, 0) is 47.5 Å². The van der Waals surface area contributed by atoms with E-state index in [9.17, 15) is 0 Å². The summed E-state index contributed by atoms with van der Waals surface area (Å²) >= 11 is 13.2. The highest BCUT2D eigenvalue weighted by Gasteiger charge is 2.38. The maximum Gasteiger partial charge on any atom is 0.172 e. The molecule has 4 heteroatoms. The van der Waals surface area contributed by atoms with Crippen molar-refractivity contribution in [1.82, 2.24) is 0 Å². The van der Waals surface area contributed by atoms with Crippen molar-refractivity contribution in [2.75, 3.05) is 0 Å². The Labute approximate surface area is 178 Å². The second-order valence-corrected chi connectivity index (χ2v) is 11.1. The molecule has 5 aromatic rings. The first-order valence-electron chi connectivity index (χ1n) is 9.45. The normalized spacial score (nSPS) is 14.4. The first-order valence-corrected chi connectivity index (χ1v) is 11.9. The Balaban J connectivity index is 1.99. The van der Waals surface area contributed by atoms with Gasteiger partial charge in [0.05, 0.1) is 0 Å². The molecule has 0 unspecified atom stereocenters. The molecule has 140 valence electrons. The molecule has 29 heavy (non-hydrogen) atoms. The van der Waals surface area contributed by atoms with E-state index in [4.69, 9.17) is 23.2 Å². The number of benzene rings is 5. The van der Waals surface area contributed by atoms with E-state index in [-0.39, 0.29) is 0 Å². The van der Waals surface area contributed by atoms with E-state index < -0.39 is 7.14 Å². The van der Waals surface area contributed by atoms with Crippen molar-refractivity contribution in [3.05, 3.63) is 88.4 Å². The van der Waals surface area contributed by atoms with Gasteiger partial charge < -0.3 is 4.57 Å². The highest BCUT2D eigenvalue weighted by Crippen LogP contribution is 2.53. The Morgan fingerprint density at radius 1 is 0.621 bits per heavy atom. The summed E-state index contributed by atoms with van der Waals surface area (Å²) in [7, 11) is -3.11. The summed E-state index contributed by atoms with van der Waals surface area (Å²) in [6, 6.07) is 23.8. The minimum Gasteiger partial charge on any atom is -0.309 e. The van der Waals surface area contributed by atoms with Crippen LogP contribution in [0.1, 0.15) is 5.56 Å². The molecule has 0 aliphatic carbocycles. The van der Waals surface area contributed by atoms with Crippen LogP contribution in [0.2, 0.25) is 10.0 Å². The van der Waals surface area contributed by atoms with Crippen LogP contribution >= 0.6 is 30.3 Å². The van der Waals surface area contributed by atoms with Crippen LogP contribution in [0.4, 0.5) is 0 Å². The van der Waals surface area contributed by atoms with Crippen LogP contribution < -0.4 is 15.9 Å². The molecule has 0 aromatic heterocycles. The van der Waals surface area contributed by atoms with E-state index in [1.54, 1.807) is 0 Å². The first kappa shape index (κ1) is 17.5. The van der Waals surface area contributed by atoms with Gasteiger partial charge in [-0.25, -0.2) is 0 Å². The van der Waals surface area contributed by atoms with Gasteiger partial charge in [-0.2, -0.15) is 0 Å². The molecular weight excluding hydrogens is 418 g/mol. The largest absolute Gasteiger partial charge is 0.309 e. The van der Waals surface area contributed by atoms with Crippen molar-refractivity contribution in [3.63, 3.8) is 0 Å². The smallest absolute Gasteiger partial charge is 0.172 e. The van der Waals surface area contributed by atoms with E-state index in [1.807, 2.05) is 67.6 Å². The molecule has 6 rings (SSSR count). The zero-order valence-electron chi connectivity index (χ0n) is 15.5. The summed E-state index contributed by atoms with van der Waals surface area (Å²) in [4.78, 5) is 0. The summed E-state index contributed by atoms with van der Waals surface area (Å²) in [5.41, 5.74) is 1.02. The Morgan fingerprint density at radius 2 is 1.17 bits per heavy atom. The summed E-state index contributed by atoms with van der Waals surface area (Å²) in [6.07, 6.45) is 0. The van der Waals surface area contributed by atoms with E-state index in [0.717, 1.165) is 53.8 Å². The van der Waals surface area contributed by atoms with Crippen LogP contribution in [0.25, 0.3) is 32.3 Å². The fraction of sp³-hybridized carbons (Fsp3) is 0.0400. The fourth-order valence-corrected chi connectivity index (χ4v) is 8.58. The molecule has 0 saturated carbocycles. The highest BCUT2D eigenvalue weighted by molar-refractivity contribution is 7.86.